The third-order valence-electron chi connectivity index (χ3n) is 3.56. The molecule has 1 aromatic rings. The summed E-state index contributed by atoms with van der Waals surface area (Å²) < 4.78 is 6.94. The standard InChI is InChI=1S/C15H23BrN2O/c1-2-7-17-9-13-8-14(16)10-18-15(13)19-11-12-5-3-4-6-12/h8,10,12,17H,2-7,9,11H2,1H3. The van der Waals surface area contributed by atoms with Crippen molar-refractivity contribution in [3.63, 3.8) is 0 Å². The zero-order valence-corrected chi connectivity index (χ0v) is 13.2. The SMILES string of the molecule is CCCNCc1cc(Br)cnc1OCC1CCCC1. The predicted molar refractivity (Wildman–Crippen MR) is 81.4 cm³/mol. The second kappa shape index (κ2) is 7.85. The highest BCUT2D eigenvalue weighted by Gasteiger charge is 2.16. The van der Waals surface area contributed by atoms with Gasteiger partial charge in [-0.15, -0.1) is 0 Å². The van der Waals surface area contributed by atoms with Crippen molar-refractivity contribution in [3.05, 3.63) is 22.3 Å². The van der Waals surface area contributed by atoms with E-state index in [-0.39, 0.29) is 0 Å². The number of ether oxygens (including phenoxy) is 1. The Hall–Kier alpha value is -0.610. The molecule has 0 saturated heterocycles. The van der Waals surface area contributed by atoms with E-state index in [0.717, 1.165) is 48.0 Å². The molecule has 1 heterocycles. The van der Waals surface area contributed by atoms with E-state index >= 15 is 0 Å². The largest absolute Gasteiger partial charge is 0.477 e. The summed E-state index contributed by atoms with van der Waals surface area (Å²) >= 11 is 3.48. The van der Waals surface area contributed by atoms with Gasteiger partial charge in [0.15, 0.2) is 0 Å². The number of nitrogens with zero attached hydrogens (tertiary/aromatic N) is 1. The Bertz CT molecular complexity index is 392. The van der Waals surface area contributed by atoms with Gasteiger partial charge >= 0.3 is 0 Å². The summed E-state index contributed by atoms with van der Waals surface area (Å²) in [6.45, 7) is 4.83. The third-order valence-corrected chi connectivity index (χ3v) is 4.00. The quantitative estimate of drug-likeness (QED) is 0.771. The lowest BCUT2D eigenvalue weighted by Crippen LogP contribution is -2.16. The van der Waals surface area contributed by atoms with Crippen molar-refractivity contribution in [2.24, 2.45) is 5.92 Å². The molecular weight excluding hydrogens is 304 g/mol. The minimum atomic E-state index is 0.724. The molecule has 0 spiro atoms. The minimum Gasteiger partial charge on any atom is -0.477 e. The number of nitrogens with one attached hydrogen (secondary N) is 1. The summed E-state index contributed by atoms with van der Waals surface area (Å²) in [5.41, 5.74) is 1.14. The maximum Gasteiger partial charge on any atom is 0.217 e. The molecule has 0 radical (unpaired) electrons. The lowest BCUT2D eigenvalue weighted by molar-refractivity contribution is 0.240. The Morgan fingerprint density at radius 2 is 2.21 bits per heavy atom. The van der Waals surface area contributed by atoms with Gasteiger partial charge < -0.3 is 10.1 Å². The van der Waals surface area contributed by atoms with Gasteiger partial charge in [-0.3, -0.25) is 0 Å². The van der Waals surface area contributed by atoms with Crippen LogP contribution in [-0.2, 0) is 6.54 Å². The second-order valence-corrected chi connectivity index (χ2v) is 6.17. The van der Waals surface area contributed by atoms with Gasteiger partial charge in [0.1, 0.15) is 0 Å². The molecule has 3 nitrogen and oxygen atoms in total. The molecule has 1 aromatic heterocycles. The van der Waals surface area contributed by atoms with Gasteiger partial charge in [0.25, 0.3) is 0 Å². The van der Waals surface area contributed by atoms with Crippen LogP contribution in [0.2, 0.25) is 0 Å². The van der Waals surface area contributed by atoms with Crippen molar-refractivity contribution < 1.29 is 4.74 Å². The first kappa shape index (κ1) is 14.8. The first-order chi connectivity index (χ1) is 9.29. The monoisotopic (exact) mass is 326 g/mol. The van der Waals surface area contributed by atoms with Crippen LogP contribution in [0.5, 0.6) is 5.88 Å². The molecule has 1 fully saturated rings. The van der Waals surface area contributed by atoms with Crippen LogP contribution in [0.25, 0.3) is 0 Å². The zero-order valence-electron chi connectivity index (χ0n) is 11.6. The number of pyridine rings is 1. The molecule has 1 saturated carbocycles. The minimum absolute atomic E-state index is 0.724. The normalized spacial score (nSPS) is 15.9. The topological polar surface area (TPSA) is 34.2 Å². The predicted octanol–water partition coefficient (Wildman–Crippen LogP) is 3.91. The van der Waals surface area contributed by atoms with E-state index in [9.17, 15) is 0 Å². The van der Waals surface area contributed by atoms with E-state index in [4.69, 9.17) is 4.74 Å². The first-order valence-corrected chi connectivity index (χ1v) is 8.07. The molecule has 0 aromatic carbocycles. The highest BCUT2D eigenvalue weighted by molar-refractivity contribution is 9.10. The van der Waals surface area contributed by atoms with E-state index in [1.165, 1.54) is 25.7 Å². The molecular formula is C15H23BrN2O. The summed E-state index contributed by atoms with van der Waals surface area (Å²) in [6, 6.07) is 2.10. The zero-order chi connectivity index (χ0) is 13.5. The fourth-order valence-corrected chi connectivity index (χ4v) is 2.88. The molecule has 1 aliphatic carbocycles. The van der Waals surface area contributed by atoms with Crippen molar-refractivity contribution in [1.29, 1.82) is 0 Å². The van der Waals surface area contributed by atoms with Crippen molar-refractivity contribution in [3.8, 4) is 5.88 Å². The fraction of sp³-hybridized carbons (Fsp3) is 0.667. The van der Waals surface area contributed by atoms with Crippen molar-refractivity contribution >= 4 is 15.9 Å². The van der Waals surface area contributed by atoms with Crippen molar-refractivity contribution in [2.75, 3.05) is 13.2 Å². The van der Waals surface area contributed by atoms with E-state index in [1.807, 2.05) is 6.20 Å². The number of hydrogen-bond donors (Lipinski definition) is 1. The van der Waals surface area contributed by atoms with Gasteiger partial charge in [0.05, 0.1) is 6.61 Å². The van der Waals surface area contributed by atoms with Crippen LogP contribution in [0.1, 0.15) is 44.6 Å². The van der Waals surface area contributed by atoms with Crippen LogP contribution in [0.4, 0.5) is 0 Å². The Balaban J connectivity index is 1.92. The molecule has 0 unspecified atom stereocenters. The lowest BCUT2D eigenvalue weighted by Gasteiger charge is -2.14. The van der Waals surface area contributed by atoms with Crippen molar-refractivity contribution in [1.82, 2.24) is 10.3 Å². The lowest BCUT2D eigenvalue weighted by atomic mass is 10.1. The Morgan fingerprint density at radius 3 is 2.95 bits per heavy atom. The summed E-state index contributed by atoms with van der Waals surface area (Å²) in [5, 5.41) is 3.41. The number of rotatable bonds is 7. The smallest absolute Gasteiger partial charge is 0.217 e. The summed E-state index contributed by atoms with van der Waals surface area (Å²) in [4.78, 5) is 4.41. The number of hydrogen-bond acceptors (Lipinski definition) is 3. The summed E-state index contributed by atoms with van der Waals surface area (Å²) in [7, 11) is 0. The van der Waals surface area contributed by atoms with Crippen LogP contribution >= 0.6 is 15.9 Å². The molecule has 4 heteroatoms. The van der Waals surface area contributed by atoms with Gasteiger partial charge in [0, 0.05) is 22.8 Å². The van der Waals surface area contributed by atoms with Gasteiger partial charge in [0.2, 0.25) is 5.88 Å². The van der Waals surface area contributed by atoms with Crippen molar-refractivity contribution in [2.45, 2.75) is 45.6 Å². The number of aromatic nitrogens is 1. The highest BCUT2D eigenvalue weighted by atomic mass is 79.9. The van der Waals surface area contributed by atoms with E-state index in [1.54, 1.807) is 0 Å². The third kappa shape index (κ3) is 4.77. The molecule has 0 bridgehead atoms. The molecule has 2 rings (SSSR count). The van der Waals surface area contributed by atoms with Crippen LogP contribution in [0, 0.1) is 5.92 Å². The van der Waals surface area contributed by atoms with Crippen LogP contribution in [0.15, 0.2) is 16.7 Å². The van der Waals surface area contributed by atoms with Gasteiger partial charge in [-0.2, -0.15) is 0 Å². The Labute approximate surface area is 124 Å². The maximum absolute atomic E-state index is 5.93. The number of halogens is 1. The molecule has 1 N–H and O–H groups in total. The van der Waals surface area contributed by atoms with E-state index in [2.05, 4.69) is 39.2 Å². The fourth-order valence-electron chi connectivity index (χ4n) is 2.50. The molecule has 1 aliphatic rings. The average molecular weight is 327 g/mol. The van der Waals surface area contributed by atoms with Crippen LogP contribution < -0.4 is 10.1 Å². The van der Waals surface area contributed by atoms with Crippen LogP contribution in [0.3, 0.4) is 0 Å². The Morgan fingerprint density at radius 1 is 1.42 bits per heavy atom. The van der Waals surface area contributed by atoms with Gasteiger partial charge in [-0.1, -0.05) is 19.8 Å². The van der Waals surface area contributed by atoms with Gasteiger partial charge in [-0.25, -0.2) is 4.98 Å². The summed E-state index contributed by atoms with van der Waals surface area (Å²) in [5.74, 6) is 1.51. The van der Waals surface area contributed by atoms with Crippen LogP contribution in [-0.4, -0.2) is 18.1 Å². The van der Waals surface area contributed by atoms with E-state index < -0.39 is 0 Å². The molecule has 0 aliphatic heterocycles. The molecule has 0 amide bonds. The average Bonchev–Trinajstić information content (AvgIpc) is 2.91. The molecule has 106 valence electrons. The first-order valence-electron chi connectivity index (χ1n) is 7.27. The van der Waals surface area contributed by atoms with E-state index in [0.29, 0.717) is 0 Å². The summed E-state index contributed by atoms with van der Waals surface area (Å²) in [6.07, 6.45) is 8.27. The molecule has 19 heavy (non-hydrogen) atoms. The van der Waals surface area contributed by atoms with Gasteiger partial charge in [-0.05, 0) is 53.7 Å². The highest BCUT2D eigenvalue weighted by Crippen LogP contribution is 2.26. The molecule has 0 atom stereocenters. The maximum atomic E-state index is 5.93. The Kier molecular flexibility index (Phi) is 6.11. The second-order valence-electron chi connectivity index (χ2n) is 5.26.